The highest BCUT2D eigenvalue weighted by Gasteiger charge is 2.34. The lowest BCUT2D eigenvalue weighted by Gasteiger charge is -2.31. The van der Waals surface area contributed by atoms with Gasteiger partial charge in [0.1, 0.15) is 12.2 Å². The highest BCUT2D eigenvalue weighted by atomic mass is 16.5. The van der Waals surface area contributed by atoms with Crippen LogP contribution in [0.1, 0.15) is 23.4 Å². The van der Waals surface area contributed by atoms with Gasteiger partial charge >= 0.3 is 0 Å². The van der Waals surface area contributed by atoms with Crippen molar-refractivity contribution in [2.24, 2.45) is 0 Å². The van der Waals surface area contributed by atoms with Gasteiger partial charge in [0, 0.05) is 31.5 Å². The predicted molar refractivity (Wildman–Crippen MR) is 101 cm³/mol. The Labute approximate surface area is 164 Å². The van der Waals surface area contributed by atoms with Crippen molar-refractivity contribution in [3.8, 4) is 0 Å². The first-order valence-electron chi connectivity index (χ1n) is 9.17. The average Bonchev–Trinajstić information content (AvgIpc) is 2.81. The van der Waals surface area contributed by atoms with E-state index in [4.69, 9.17) is 15.2 Å². The molecular formula is C18H29N5O5. The van der Waals surface area contributed by atoms with Crippen LogP contribution in [0.2, 0.25) is 0 Å². The third-order valence-electron chi connectivity index (χ3n) is 4.63. The number of aliphatic hydroxyl groups is 1. The summed E-state index contributed by atoms with van der Waals surface area (Å²) in [4.78, 5) is 34.2. The van der Waals surface area contributed by atoms with E-state index in [1.54, 1.807) is 4.90 Å². The standard InChI is InChI=1S/C18H29N5O5/c1-12-14(13(2)22-17(19)21-12)4-5-16(25)23-6-7-28-11-18(26,10-23)9-20-15(24)8-27-3/h26H,4-11H2,1-3H3,(H,20,24)(H2,19,21,22). The highest BCUT2D eigenvalue weighted by Crippen LogP contribution is 2.17. The number of nitrogens with one attached hydrogen (secondary N) is 1. The van der Waals surface area contributed by atoms with Gasteiger partial charge in [-0.15, -0.1) is 0 Å². The van der Waals surface area contributed by atoms with Crippen LogP contribution >= 0.6 is 0 Å². The van der Waals surface area contributed by atoms with Gasteiger partial charge in [0.25, 0.3) is 0 Å². The molecule has 0 radical (unpaired) electrons. The van der Waals surface area contributed by atoms with E-state index in [0.717, 1.165) is 17.0 Å². The van der Waals surface area contributed by atoms with Gasteiger partial charge in [-0.2, -0.15) is 0 Å². The van der Waals surface area contributed by atoms with Crippen LogP contribution in [0.4, 0.5) is 5.95 Å². The Bertz CT molecular complexity index is 691. The fourth-order valence-electron chi connectivity index (χ4n) is 3.20. The predicted octanol–water partition coefficient (Wildman–Crippen LogP) is -1.04. The summed E-state index contributed by atoms with van der Waals surface area (Å²) < 4.78 is 10.2. The molecule has 1 fully saturated rings. The van der Waals surface area contributed by atoms with E-state index in [-0.39, 0.29) is 50.5 Å². The van der Waals surface area contributed by atoms with Crippen molar-refractivity contribution in [3.63, 3.8) is 0 Å². The lowest BCUT2D eigenvalue weighted by Crippen LogP contribution is -2.53. The summed E-state index contributed by atoms with van der Waals surface area (Å²) in [6, 6.07) is 0. The summed E-state index contributed by atoms with van der Waals surface area (Å²) in [6.07, 6.45) is 0.734. The van der Waals surface area contributed by atoms with Gasteiger partial charge < -0.3 is 30.5 Å². The third-order valence-corrected chi connectivity index (χ3v) is 4.63. The van der Waals surface area contributed by atoms with E-state index in [9.17, 15) is 14.7 Å². The van der Waals surface area contributed by atoms with Crippen LogP contribution in [-0.4, -0.2) is 84.0 Å². The summed E-state index contributed by atoms with van der Waals surface area (Å²) in [6.45, 7) is 4.37. The van der Waals surface area contributed by atoms with Crippen molar-refractivity contribution >= 4 is 17.8 Å². The topological polar surface area (TPSA) is 140 Å². The first-order chi connectivity index (χ1) is 13.2. The number of anilines is 1. The molecule has 1 aliphatic heterocycles. The molecule has 10 nitrogen and oxygen atoms in total. The van der Waals surface area contributed by atoms with Crippen LogP contribution in [0.3, 0.4) is 0 Å². The fourth-order valence-corrected chi connectivity index (χ4v) is 3.20. The molecule has 0 saturated carbocycles. The molecule has 2 heterocycles. The second kappa shape index (κ2) is 9.76. The zero-order chi connectivity index (χ0) is 20.7. The maximum Gasteiger partial charge on any atom is 0.246 e. The fraction of sp³-hybridized carbons (Fsp3) is 0.667. The van der Waals surface area contributed by atoms with Crippen LogP contribution in [0, 0.1) is 13.8 Å². The second-order valence-corrected chi connectivity index (χ2v) is 7.03. The maximum absolute atomic E-state index is 12.7. The van der Waals surface area contributed by atoms with Crippen molar-refractivity contribution in [2.45, 2.75) is 32.3 Å². The number of hydrogen-bond acceptors (Lipinski definition) is 8. The maximum atomic E-state index is 12.7. The number of nitrogens with two attached hydrogens (primary N) is 1. The van der Waals surface area contributed by atoms with Gasteiger partial charge in [-0.3, -0.25) is 9.59 Å². The summed E-state index contributed by atoms with van der Waals surface area (Å²) in [7, 11) is 1.42. The van der Waals surface area contributed by atoms with E-state index in [2.05, 4.69) is 15.3 Å². The number of rotatable bonds is 7. The number of nitrogen functional groups attached to an aromatic ring is 1. The minimum Gasteiger partial charge on any atom is -0.384 e. The number of amides is 2. The van der Waals surface area contributed by atoms with Gasteiger partial charge in [0.05, 0.1) is 26.3 Å². The van der Waals surface area contributed by atoms with Crippen LogP contribution in [0.15, 0.2) is 0 Å². The molecule has 0 aromatic carbocycles. The quantitative estimate of drug-likeness (QED) is 0.532. The summed E-state index contributed by atoms with van der Waals surface area (Å²) in [5.41, 5.74) is 6.70. The van der Waals surface area contributed by atoms with Gasteiger partial charge in [-0.05, 0) is 25.8 Å². The lowest BCUT2D eigenvalue weighted by atomic mass is 10.0. The molecule has 0 aliphatic carbocycles. The molecular weight excluding hydrogens is 366 g/mol. The summed E-state index contributed by atoms with van der Waals surface area (Å²) in [5.74, 6) is -0.231. The first-order valence-corrected chi connectivity index (χ1v) is 9.17. The molecule has 1 aromatic heterocycles. The molecule has 2 rings (SSSR count). The van der Waals surface area contributed by atoms with Crippen molar-refractivity contribution in [1.82, 2.24) is 20.2 Å². The molecule has 28 heavy (non-hydrogen) atoms. The largest absolute Gasteiger partial charge is 0.384 e. The molecule has 1 aliphatic rings. The summed E-state index contributed by atoms with van der Waals surface area (Å²) >= 11 is 0. The van der Waals surface area contributed by atoms with E-state index in [1.165, 1.54) is 7.11 Å². The van der Waals surface area contributed by atoms with E-state index in [0.29, 0.717) is 19.6 Å². The average molecular weight is 395 g/mol. The SMILES string of the molecule is COCC(=O)NCC1(O)COCCN(C(=O)CCc2c(C)nc(N)nc2C)C1. The Morgan fingerprint density at radius 2 is 2.04 bits per heavy atom. The first kappa shape index (κ1) is 22.0. The van der Waals surface area contributed by atoms with Crippen LogP contribution in [0.5, 0.6) is 0 Å². The summed E-state index contributed by atoms with van der Waals surface area (Å²) in [5, 5.41) is 13.4. The van der Waals surface area contributed by atoms with Crippen molar-refractivity contribution in [1.29, 1.82) is 0 Å². The number of nitrogens with zero attached hydrogens (tertiary/aromatic N) is 3. The Kier molecular flexibility index (Phi) is 7.67. The number of carbonyl (C=O) groups is 2. The van der Waals surface area contributed by atoms with Gasteiger partial charge in [-0.1, -0.05) is 0 Å². The minimum atomic E-state index is -1.36. The molecule has 156 valence electrons. The molecule has 0 spiro atoms. The number of carbonyl (C=O) groups excluding carboxylic acids is 2. The van der Waals surface area contributed by atoms with Crippen LogP contribution in [-0.2, 0) is 25.5 Å². The van der Waals surface area contributed by atoms with Gasteiger partial charge in [0.15, 0.2) is 0 Å². The Balaban J connectivity index is 1.97. The Morgan fingerprint density at radius 3 is 2.68 bits per heavy atom. The second-order valence-electron chi connectivity index (χ2n) is 7.03. The van der Waals surface area contributed by atoms with Crippen LogP contribution in [0.25, 0.3) is 0 Å². The normalized spacial score (nSPS) is 19.9. The Morgan fingerprint density at radius 1 is 1.36 bits per heavy atom. The smallest absolute Gasteiger partial charge is 0.246 e. The Hall–Kier alpha value is -2.30. The molecule has 4 N–H and O–H groups in total. The highest BCUT2D eigenvalue weighted by molar-refractivity contribution is 5.77. The van der Waals surface area contributed by atoms with E-state index >= 15 is 0 Å². The molecule has 0 bridgehead atoms. The van der Waals surface area contributed by atoms with E-state index in [1.807, 2.05) is 13.8 Å². The molecule has 10 heteroatoms. The van der Waals surface area contributed by atoms with Gasteiger partial charge in [-0.25, -0.2) is 9.97 Å². The molecule has 1 saturated heterocycles. The van der Waals surface area contributed by atoms with Crippen molar-refractivity contribution in [3.05, 3.63) is 17.0 Å². The zero-order valence-corrected chi connectivity index (χ0v) is 16.7. The lowest BCUT2D eigenvalue weighted by molar-refractivity contribution is -0.134. The number of aryl methyl sites for hydroxylation is 2. The number of methoxy groups -OCH3 is 1. The van der Waals surface area contributed by atoms with E-state index < -0.39 is 5.60 Å². The monoisotopic (exact) mass is 395 g/mol. The van der Waals surface area contributed by atoms with Crippen LogP contribution < -0.4 is 11.1 Å². The zero-order valence-electron chi connectivity index (χ0n) is 16.7. The number of hydrogen-bond donors (Lipinski definition) is 3. The molecule has 2 amide bonds. The minimum absolute atomic E-state index is 0.0248. The third kappa shape index (κ3) is 6.11. The number of β-amino-alcohol motifs (C(OH)–C–C–N with tert-alkyl or cyclic N) is 1. The molecule has 1 aromatic rings. The van der Waals surface area contributed by atoms with Crippen molar-refractivity contribution in [2.75, 3.05) is 52.3 Å². The van der Waals surface area contributed by atoms with Crippen molar-refractivity contribution < 1.29 is 24.2 Å². The number of ether oxygens (including phenoxy) is 2. The number of aromatic nitrogens is 2. The molecule has 1 unspecified atom stereocenters. The molecule has 1 atom stereocenters. The van der Waals surface area contributed by atoms with Gasteiger partial charge in [0.2, 0.25) is 17.8 Å².